The lowest BCUT2D eigenvalue weighted by Crippen LogP contribution is -2.53. The number of ether oxygens (including phenoxy) is 1. The topological polar surface area (TPSA) is 58.6 Å². The molecule has 0 bridgehead atoms. The second-order valence-electron chi connectivity index (χ2n) is 7.19. The molecular weight excluding hydrogens is 364 g/mol. The van der Waals surface area contributed by atoms with Gasteiger partial charge in [0.15, 0.2) is 5.60 Å². The van der Waals surface area contributed by atoms with Crippen LogP contribution in [0.15, 0.2) is 42.5 Å². The Balaban J connectivity index is 1.65. The van der Waals surface area contributed by atoms with Gasteiger partial charge in [-0.3, -0.25) is 9.59 Å². The van der Waals surface area contributed by atoms with Gasteiger partial charge in [-0.15, -0.1) is 0 Å². The van der Waals surface area contributed by atoms with Crippen molar-refractivity contribution in [1.82, 2.24) is 5.32 Å². The van der Waals surface area contributed by atoms with E-state index in [1.165, 1.54) is 0 Å². The lowest BCUT2D eigenvalue weighted by molar-refractivity contribution is -0.132. The molecule has 27 heavy (non-hydrogen) atoms. The zero-order chi connectivity index (χ0) is 19.6. The van der Waals surface area contributed by atoms with Gasteiger partial charge in [0.2, 0.25) is 5.91 Å². The highest BCUT2D eigenvalue weighted by atomic mass is 35.5. The van der Waals surface area contributed by atoms with E-state index in [-0.39, 0.29) is 18.2 Å². The van der Waals surface area contributed by atoms with Crippen LogP contribution in [0.2, 0.25) is 5.02 Å². The van der Waals surface area contributed by atoms with Crippen molar-refractivity contribution in [3.05, 3.63) is 58.6 Å². The average Bonchev–Trinajstić information content (AvgIpc) is 2.62. The first kappa shape index (κ1) is 19.2. The largest absolute Gasteiger partial charge is 0.476 e. The number of nitrogens with one attached hydrogen (secondary N) is 1. The summed E-state index contributed by atoms with van der Waals surface area (Å²) in [5, 5.41) is 3.54. The van der Waals surface area contributed by atoms with Crippen molar-refractivity contribution >= 4 is 29.1 Å². The number of fused-ring (bicyclic) bond motifs is 1. The predicted octanol–water partition coefficient (Wildman–Crippen LogP) is 3.86. The Bertz CT molecular complexity index is 862. The van der Waals surface area contributed by atoms with Crippen LogP contribution in [0.25, 0.3) is 0 Å². The summed E-state index contributed by atoms with van der Waals surface area (Å²) in [5.74, 6) is 0.397. The Morgan fingerprint density at radius 3 is 2.59 bits per heavy atom. The number of aryl methyl sites for hydroxylation is 1. The van der Waals surface area contributed by atoms with Crippen molar-refractivity contribution < 1.29 is 14.3 Å². The van der Waals surface area contributed by atoms with Gasteiger partial charge < -0.3 is 15.0 Å². The Morgan fingerprint density at radius 1 is 1.19 bits per heavy atom. The van der Waals surface area contributed by atoms with E-state index in [1.54, 1.807) is 30.9 Å². The molecule has 0 spiro atoms. The fraction of sp³-hybridized carbons (Fsp3) is 0.333. The number of halogens is 1. The number of hydrogen-bond acceptors (Lipinski definition) is 3. The molecule has 142 valence electrons. The fourth-order valence-electron chi connectivity index (χ4n) is 3.00. The van der Waals surface area contributed by atoms with Crippen LogP contribution < -0.4 is 15.0 Å². The van der Waals surface area contributed by atoms with Gasteiger partial charge in [-0.25, -0.2) is 0 Å². The molecule has 0 atom stereocenters. The minimum Gasteiger partial charge on any atom is -0.476 e. The van der Waals surface area contributed by atoms with E-state index < -0.39 is 5.60 Å². The normalized spacial score (nSPS) is 15.1. The zero-order valence-electron chi connectivity index (χ0n) is 15.7. The van der Waals surface area contributed by atoms with E-state index in [1.807, 2.05) is 37.3 Å². The smallest absolute Gasteiger partial charge is 0.270 e. The van der Waals surface area contributed by atoms with Crippen LogP contribution in [0.5, 0.6) is 5.75 Å². The molecule has 2 amide bonds. The molecule has 5 nitrogen and oxygen atoms in total. The molecule has 2 aromatic rings. The molecule has 1 heterocycles. The maximum atomic E-state index is 12.8. The fourth-order valence-corrected chi connectivity index (χ4v) is 3.13. The third-order valence-corrected chi connectivity index (χ3v) is 4.75. The van der Waals surface area contributed by atoms with Gasteiger partial charge in [0.05, 0.1) is 5.69 Å². The summed E-state index contributed by atoms with van der Waals surface area (Å²) >= 11 is 5.86. The molecule has 0 radical (unpaired) electrons. The molecule has 0 aliphatic carbocycles. The number of nitrogens with zero attached hydrogens (tertiary/aromatic N) is 1. The highest BCUT2D eigenvalue weighted by Crippen LogP contribution is 2.38. The molecule has 0 aromatic heterocycles. The summed E-state index contributed by atoms with van der Waals surface area (Å²) in [5.41, 5.74) is 1.76. The van der Waals surface area contributed by atoms with Crippen molar-refractivity contribution in [2.45, 2.75) is 39.3 Å². The van der Waals surface area contributed by atoms with Gasteiger partial charge in [0, 0.05) is 24.5 Å². The minimum absolute atomic E-state index is 0.115. The second kappa shape index (κ2) is 7.61. The molecule has 2 aromatic carbocycles. The third-order valence-electron chi connectivity index (χ3n) is 4.50. The monoisotopic (exact) mass is 386 g/mol. The maximum absolute atomic E-state index is 12.8. The molecule has 0 fully saturated rings. The van der Waals surface area contributed by atoms with Gasteiger partial charge in [0.1, 0.15) is 5.75 Å². The molecule has 1 N–H and O–H groups in total. The van der Waals surface area contributed by atoms with E-state index in [0.717, 1.165) is 11.1 Å². The highest BCUT2D eigenvalue weighted by molar-refractivity contribution is 6.30. The number of carbonyl (C=O) groups excluding carboxylic acids is 2. The summed E-state index contributed by atoms with van der Waals surface area (Å²) in [4.78, 5) is 26.7. The van der Waals surface area contributed by atoms with Crippen LogP contribution in [-0.4, -0.2) is 24.0 Å². The number of rotatable bonds is 5. The Labute approximate surface area is 164 Å². The summed E-state index contributed by atoms with van der Waals surface area (Å²) in [7, 11) is 0. The Kier molecular flexibility index (Phi) is 5.42. The lowest BCUT2D eigenvalue weighted by atomic mass is 10.0. The molecule has 0 unspecified atom stereocenters. The Hall–Kier alpha value is -2.53. The minimum atomic E-state index is -0.956. The van der Waals surface area contributed by atoms with Crippen LogP contribution in [0.3, 0.4) is 0 Å². The molecule has 6 heteroatoms. The van der Waals surface area contributed by atoms with Crippen molar-refractivity contribution in [2.75, 3.05) is 11.4 Å². The third kappa shape index (κ3) is 4.42. The predicted molar refractivity (Wildman–Crippen MR) is 106 cm³/mol. The first-order chi connectivity index (χ1) is 12.8. The van der Waals surface area contributed by atoms with Crippen LogP contribution >= 0.6 is 11.6 Å². The van der Waals surface area contributed by atoms with Crippen molar-refractivity contribution in [3.63, 3.8) is 0 Å². The number of amides is 2. The van der Waals surface area contributed by atoms with Gasteiger partial charge in [0.25, 0.3) is 5.91 Å². The van der Waals surface area contributed by atoms with Crippen molar-refractivity contribution in [2.24, 2.45) is 0 Å². The van der Waals surface area contributed by atoms with Crippen LogP contribution in [-0.2, 0) is 16.1 Å². The van der Waals surface area contributed by atoms with Crippen LogP contribution in [0.1, 0.15) is 31.4 Å². The summed E-state index contributed by atoms with van der Waals surface area (Å²) in [6, 6.07) is 13.0. The van der Waals surface area contributed by atoms with E-state index >= 15 is 0 Å². The average molecular weight is 387 g/mol. The summed E-state index contributed by atoms with van der Waals surface area (Å²) in [6.45, 7) is 6.17. The summed E-state index contributed by atoms with van der Waals surface area (Å²) in [6.07, 6.45) is 0.211. The SMILES string of the molecule is Cc1ccc2c(c1)N(CCC(=O)NCc1ccc(Cl)cc1)C(=O)C(C)(C)O2. The van der Waals surface area contributed by atoms with Gasteiger partial charge in [-0.2, -0.15) is 0 Å². The van der Waals surface area contributed by atoms with E-state index in [9.17, 15) is 9.59 Å². The lowest BCUT2D eigenvalue weighted by Gasteiger charge is -2.38. The first-order valence-corrected chi connectivity index (χ1v) is 9.27. The molecule has 1 aliphatic heterocycles. The van der Waals surface area contributed by atoms with E-state index in [2.05, 4.69) is 5.32 Å². The first-order valence-electron chi connectivity index (χ1n) is 8.89. The number of anilines is 1. The Morgan fingerprint density at radius 2 is 1.89 bits per heavy atom. The number of carbonyl (C=O) groups is 2. The van der Waals surface area contributed by atoms with Crippen LogP contribution in [0, 0.1) is 6.92 Å². The summed E-state index contributed by atoms with van der Waals surface area (Å²) < 4.78 is 5.84. The quantitative estimate of drug-likeness (QED) is 0.848. The number of hydrogen-bond donors (Lipinski definition) is 1. The van der Waals surface area contributed by atoms with Crippen LogP contribution in [0.4, 0.5) is 5.69 Å². The molecule has 0 saturated heterocycles. The standard InChI is InChI=1S/C21H23ClN2O3/c1-14-4-9-18-17(12-14)24(20(26)21(2,3)27-18)11-10-19(25)23-13-15-5-7-16(22)8-6-15/h4-9,12H,10-11,13H2,1-3H3,(H,23,25). The maximum Gasteiger partial charge on any atom is 0.270 e. The highest BCUT2D eigenvalue weighted by Gasteiger charge is 2.40. The molecule has 3 rings (SSSR count). The van der Waals surface area contributed by atoms with Gasteiger partial charge in [-0.05, 0) is 56.2 Å². The van der Waals surface area contributed by atoms with Crippen molar-refractivity contribution in [1.29, 1.82) is 0 Å². The molecule has 0 saturated carbocycles. The molecule has 1 aliphatic rings. The van der Waals surface area contributed by atoms with E-state index in [0.29, 0.717) is 29.5 Å². The van der Waals surface area contributed by atoms with Gasteiger partial charge in [-0.1, -0.05) is 29.8 Å². The van der Waals surface area contributed by atoms with Gasteiger partial charge >= 0.3 is 0 Å². The second-order valence-corrected chi connectivity index (χ2v) is 7.63. The van der Waals surface area contributed by atoms with Crippen molar-refractivity contribution in [3.8, 4) is 5.75 Å². The number of benzene rings is 2. The molecular formula is C21H23ClN2O3. The van der Waals surface area contributed by atoms with E-state index in [4.69, 9.17) is 16.3 Å². The zero-order valence-corrected chi connectivity index (χ0v) is 16.5.